The maximum absolute atomic E-state index is 11.3. The van der Waals surface area contributed by atoms with Gasteiger partial charge < -0.3 is 5.32 Å². The summed E-state index contributed by atoms with van der Waals surface area (Å²) < 4.78 is 22.6. The Hall–Kier alpha value is -2.05. The highest BCUT2D eigenvalue weighted by Gasteiger charge is 2.06. The highest BCUT2D eigenvalue weighted by atomic mass is 32.2. The summed E-state index contributed by atoms with van der Waals surface area (Å²) in [4.78, 5) is 0. The summed E-state index contributed by atoms with van der Waals surface area (Å²) in [7, 11) is -2.93. The Kier molecular flexibility index (Phi) is 5.35. The van der Waals surface area contributed by atoms with E-state index in [0.29, 0.717) is 29.8 Å². The van der Waals surface area contributed by atoms with E-state index in [0.717, 1.165) is 0 Å². The van der Waals surface area contributed by atoms with Crippen molar-refractivity contribution in [3.8, 4) is 12.1 Å². The zero-order chi connectivity index (χ0) is 14.3. The molecule has 0 unspecified atom stereocenters. The van der Waals surface area contributed by atoms with E-state index in [2.05, 4.69) is 5.32 Å². The number of nitriles is 2. The van der Waals surface area contributed by atoms with Crippen LogP contribution >= 0.6 is 0 Å². The Labute approximate surface area is 113 Å². The molecule has 0 aliphatic rings. The number of benzene rings is 1. The fourth-order valence-electron chi connectivity index (χ4n) is 1.51. The summed E-state index contributed by atoms with van der Waals surface area (Å²) in [6, 6.07) is 8.76. The van der Waals surface area contributed by atoms with Crippen molar-refractivity contribution in [3.05, 3.63) is 29.3 Å². The number of rotatable bonds is 6. The van der Waals surface area contributed by atoms with Crippen molar-refractivity contribution in [2.75, 3.05) is 23.4 Å². The molecule has 5 nitrogen and oxygen atoms in total. The van der Waals surface area contributed by atoms with Crippen molar-refractivity contribution in [1.82, 2.24) is 0 Å². The minimum atomic E-state index is -2.93. The van der Waals surface area contributed by atoms with E-state index < -0.39 is 9.84 Å². The number of nitrogens with zero attached hydrogens (tertiary/aromatic N) is 2. The zero-order valence-corrected chi connectivity index (χ0v) is 11.5. The predicted molar refractivity (Wildman–Crippen MR) is 73.3 cm³/mol. The first-order chi connectivity index (χ1) is 9.02. The van der Waals surface area contributed by atoms with Crippen LogP contribution < -0.4 is 5.32 Å². The second-order valence-electron chi connectivity index (χ2n) is 4.00. The van der Waals surface area contributed by atoms with Gasteiger partial charge in [0.25, 0.3) is 0 Å². The Morgan fingerprint density at radius 1 is 1.21 bits per heavy atom. The summed E-state index contributed by atoms with van der Waals surface area (Å²) in [5.74, 6) is 0.306. The predicted octanol–water partition coefficient (Wildman–Crippen LogP) is 1.67. The van der Waals surface area contributed by atoms with Gasteiger partial charge in [-0.2, -0.15) is 10.5 Å². The average Bonchev–Trinajstić information content (AvgIpc) is 2.43. The number of hydrogen-bond acceptors (Lipinski definition) is 5. The molecule has 100 valence electrons. The molecule has 0 aromatic heterocycles. The van der Waals surface area contributed by atoms with Gasteiger partial charge in [-0.3, -0.25) is 0 Å². The molecule has 1 N–H and O–H groups in total. The molecule has 19 heavy (non-hydrogen) atoms. The molecule has 0 bridgehead atoms. The molecular weight excluding hydrogens is 262 g/mol. The van der Waals surface area contributed by atoms with Gasteiger partial charge in [-0.25, -0.2) is 8.42 Å². The summed E-state index contributed by atoms with van der Waals surface area (Å²) in [5, 5.41) is 20.7. The van der Waals surface area contributed by atoms with Crippen LogP contribution in [0.15, 0.2) is 18.2 Å². The van der Waals surface area contributed by atoms with Gasteiger partial charge >= 0.3 is 0 Å². The SMILES string of the molecule is CCS(=O)(=O)CCCNc1ccc(C#N)c(C#N)c1. The average molecular weight is 277 g/mol. The lowest BCUT2D eigenvalue weighted by Crippen LogP contribution is -2.13. The second-order valence-corrected chi connectivity index (χ2v) is 6.47. The smallest absolute Gasteiger partial charge is 0.150 e. The van der Waals surface area contributed by atoms with Gasteiger partial charge in [0, 0.05) is 18.0 Å². The standard InChI is InChI=1S/C13H15N3O2S/c1-2-19(17,18)7-3-6-16-13-5-4-11(9-14)12(8-13)10-15/h4-5,8,16H,2-3,6-7H2,1H3. The van der Waals surface area contributed by atoms with Crippen molar-refractivity contribution in [3.63, 3.8) is 0 Å². The van der Waals surface area contributed by atoms with Crippen LogP contribution in [-0.4, -0.2) is 26.5 Å². The zero-order valence-electron chi connectivity index (χ0n) is 10.7. The van der Waals surface area contributed by atoms with Gasteiger partial charge in [-0.05, 0) is 24.6 Å². The van der Waals surface area contributed by atoms with Crippen LogP contribution in [0.25, 0.3) is 0 Å². The lowest BCUT2D eigenvalue weighted by atomic mass is 10.1. The molecule has 0 spiro atoms. The lowest BCUT2D eigenvalue weighted by Gasteiger charge is -2.07. The van der Waals surface area contributed by atoms with E-state index >= 15 is 0 Å². The van der Waals surface area contributed by atoms with Crippen molar-refractivity contribution in [2.45, 2.75) is 13.3 Å². The van der Waals surface area contributed by atoms with Crippen LogP contribution in [0.2, 0.25) is 0 Å². The first-order valence-corrected chi connectivity index (χ1v) is 7.73. The molecule has 0 heterocycles. The third-order valence-electron chi connectivity index (χ3n) is 2.66. The van der Waals surface area contributed by atoms with Gasteiger partial charge in [0.05, 0.1) is 16.9 Å². The summed E-state index contributed by atoms with van der Waals surface area (Å²) in [5.41, 5.74) is 1.36. The van der Waals surface area contributed by atoms with E-state index in [1.807, 2.05) is 12.1 Å². The maximum Gasteiger partial charge on any atom is 0.150 e. The third kappa shape index (κ3) is 4.61. The fourth-order valence-corrected chi connectivity index (χ4v) is 2.39. The summed E-state index contributed by atoms with van der Waals surface area (Å²) in [6.07, 6.45) is 0.512. The fraction of sp³-hybridized carbons (Fsp3) is 0.385. The van der Waals surface area contributed by atoms with Crippen molar-refractivity contribution < 1.29 is 8.42 Å². The number of sulfone groups is 1. The monoisotopic (exact) mass is 277 g/mol. The van der Waals surface area contributed by atoms with E-state index in [-0.39, 0.29) is 11.5 Å². The Morgan fingerprint density at radius 3 is 2.47 bits per heavy atom. The second kappa shape index (κ2) is 6.77. The number of nitrogens with one attached hydrogen (secondary N) is 1. The quantitative estimate of drug-likeness (QED) is 0.798. The van der Waals surface area contributed by atoms with Gasteiger partial charge in [0.15, 0.2) is 0 Å². The minimum absolute atomic E-state index is 0.151. The molecule has 1 aromatic rings. The number of hydrogen-bond donors (Lipinski definition) is 1. The highest BCUT2D eigenvalue weighted by Crippen LogP contribution is 2.14. The molecule has 0 amide bonds. The van der Waals surface area contributed by atoms with Crippen LogP contribution in [0.4, 0.5) is 5.69 Å². The molecule has 0 radical (unpaired) electrons. The molecule has 0 atom stereocenters. The van der Waals surface area contributed by atoms with Gasteiger partial charge in [0.1, 0.15) is 22.0 Å². The lowest BCUT2D eigenvalue weighted by molar-refractivity contribution is 0.595. The Balaban J connectivity index is 2.56. The molecule has 1 rings (SSSR count). The van der Waals surface area contributed by atoms with Crippen molar-refractivity contribution >= 4 is 15.5 Å². The van der Waals surface area contributed by atoms with Crippen LogP contribution in [0.5, 0.6) is 0 Å². The Morgan fingerprint density at radius 2 is 1.89 bits per heavy atom. The maximum atomic E-state index is 11.3. The summed E-state index contributed by atoms with van der Waals surface area (Å²) >= 11 is 0. The van der Waals surface area contributed by atoms with E-state index in [1.54, 1.807) is 25.1 Å². The van der Waals surface area contributed by atoms with Crippen molar-refractivity contribution in [2.24, 2.45) is 0 Å². The van der Waals surface area contributed by atoms with Gasteiger partial charge in [-0.15, -0.1) is 0 Å². The molecular formula is C13H15N3O2S. The molecule has 0 saturated heterocycles. The molecule has 0 fully saturated rings. The van der Waals surface area contributed by atoms with Crippen LogP contribution in [0.3, 0.4) is 0 Å². The van der Waals surface area contributed by atoms with Crippen LogP contribution in [-0.2, 0) is 9.84 Å². The van der Waals surface area contributed by atoms with Crippen molar-refractivity contribution in [1.29, 1.82) is 10.5 Å². The molecule has 1 aromatic carbocycles. The highest BCUT2D eigenvalue weighted by molar-refractivity contribution is 7.91. The van der Waals surface area contributed by atoms with E-state index in [1.165, 1.54) is 0 Å². The van der Waals surface area contributed by atoms with Gasteiger partial charge in [-0.1, -0.05) is 6.92 Å². The minimum Gasteiger partial charge on any atom is -0.385 e. The molecule has 0 saturated carbocycles. The molecule has 0 aliphatic heterocycles. The first-order valence-electron chi connectivity index (χ1n) is 5.91. The van der Waals surface area contributed by atoms with Gasteiger partial charge in [0.2, 0.25) is 0 Å². The normalized spacial score (nSPS) is 10.5. The first kappa shape index (κ1) is 15.0. The topological polar surface area (TPSA) is 93.8 Å². The largest absolute Gasteiger partial charge is 0.385 e. The molecule has 6 heteroatoms. The van der Waals surface area contributed by atoms with E-state index in [4.69, 9.17) is 10.5 Å². The summed E-state index contributed by atoms with van der Waals surface area (Å²) in [6.45, 7) is 2.14. The molecule has 0 aliphatic carbocycles. The number of anilines is 1. The van der Waals surface area contributed by atoms with Crippen LogP contribution in [0, 0.1) is 22.7 Å². The van der Waals surface area contributed by atoms with E-state index in [9.17, 15) is 8.42 Å². The van der Waals surface area contributed by atoms with Crippen LogP contribution in [0.1, 0.15) is 24.5 Å². The third-order valence-corrected chi connectivity index (χ3v) is 4.45. The Bertz CT molecular complexity index is 624.